The van der Waals surface area contributed by atoms with E-state index in [2.05, 4.69) is 4.72 Å². The van der Waals surface area contributed by atoms with Gasteiger partial charge in [-0.25, -0.2) is 12.8 Å². The third kappa shape index (κ3) is 4.69. The first-order valence-corrected chi connectivity index (χ1v) is 9.07. The van der Waals surface area contributed by atoms with Gasteiger partial charge in [-0.3, -0.25) is 4.79 Å². The molecule has 0 heterocycles. The SMILES string of the molecule is CSCC[C@@H](NS(=O)(=O)c1c(C)cc(F)cc1C)C(=O)O. The van der Waals surface area contributed by atoms with Gasteiger partial charge in [0.25, 0.3) is 0 Å². The summed E-state index contributed by atoms with van der Waals surface area (Å²) in [4.78, 5) is 11.1. The van der Waals surface area contributed by atoms with Gasteiger partial charge in [-0.15, -0.1) is 0 Å². The van der Waals surface area contributed by atoms with Gasteiger partial charge in [0, 0.05) is 0 Å². The van der Waals surface area contributed by atoms with Crippen LogP contribution in [0.4, 0.5) is 4.39 Å². The highest BCUT2D eigenvalue weighted by atomic mass is 32.2. The number of hydrogen-bond acceptors (Lipinski definition) is 4. The van der Waals surface area contributed by atoms with E-state index in [1.807, 2.05) is 6.26 Å². The van der Waals surface area contributed by atoms with Crippen molar-refractivity contribution >= 4 is 27.8 Å². The van der Waals surface area contributed by atoms with Crippen LogP contribution in [-0.4, -0.2) is 37.5 Å². The molecule has 0 aliphatic carbocycles. The number of nitrogens with one attached hydrogen (secondary N) is 1. The average Bonchev–Trinajstić information content (AvgIpc) is 2.32. The van der Waals surface area contributed by atoms with E-state index >= 15 is 0 Å². The van der Waals surface area contributed by atoms with Crippen molar-refractivity contribution in [2.75, 3.05) is 12.0 Å². The number of carbonyl (C=O) groups is 1. The number of carboxylic acids is 1. The van der Waals surface area contributed by atoms with E-state index in [1.165, 1.54) is 25.6 Å². The van der Waals surface area contributed by atoms with Crippen molar-refractivity contribution < 1.29 is 22.7 Å². The lowest BCUT2D eigenvalue weighted by Crippen LogP contribution is -2.41. The molecular weight excluding hydrogens is 317 g/mol. The van der Waals surface area contributed by atoms with Gasteiger partial charge in [-0.1, -0.05) is 0 Å². The van der Waals surface area contributed by atoms with Gasteiger partial charge >= 0.3 is 5.97 Å². The number of benzene rings is 1. The van der Waals surface area contributed by atoms with Gasteiger partial charge in [0.05, 0.1) is 4.90 Å². The fourth-order valence-corrected chi connectivity index (χ4v) is 4.18. The lowest BCUT2D eigenvalue weighted by molar-refractivity contribution is -0.139. The molecule has 0 radical (unpaired) electrons. The molecule has 0 saturated carbocycles. The molecule has 118 valence electrons. The minimum Gasteiger partial charge on any atom is -0.480 e. The third-order valence-corrected chi connectivity index (χ3v) is 5.32. The van der Waals surface area contributed by atoms with Crippen molar-refractivity contribution in [3.63, 3.8) is 0 Å². The third-order valence-electron chi connectivity index (χ3n) is 2.90. The summed E-state index contributed by atoms with van der Waals surface area (Å²) in [7, 11) is -4.02. The highest BCUT2D eigenvalue weighted by Crippen LogP contribution is 2.22. The summed E-state index contributed by atoms with van der Waals surface area (Å²) < 4.78 is 40.1. The maximum Gasteiger partial charge on any atom is 0.321 e. The Bertz CT molecular complexity index is 608. The first kappa shape index (κ1) is 17.9. The van der Waals surface area contributed by atoms with Gasteiger partial charge in [-0.2, -0.15) is 16.5 Å². The molecule has 8 heteroatoms. The maximum absolute atomic E-state index is 13.2. The second kappa shape index (κ2) is 7.24. The van der Waals surface area contributed by atoms with Gasteiger partial charge in [-0.05, 0) is 55.5 Å². The predicted octanol–water partition coefficient (Wildman–Crippen LogP) is 1.93. The Hall–Kier alpha value is -1.12. The predicted molar refractivity (Wildman–Crippen MR) is 80.6 cm³/mol. The van der Waals surface area contributed by atoms with Crippen LogP contribution in [0.3, 0.4) is 0 Å². The number of hydrogen-bond donors (Lipinski definition) is 2. The quantitative estimate of drug-likeness (QED) is 0.795. The molecule has 2 N–H and O–H groups in total. The Labute approximate surface area is 128 Å². The zero-order valence-electron chi connectivity index (χ0n) is 12.0. The van der Waals surface area contributed by atoms with E-state index in [-0.39, 0.29) is 22.4 Å². The lowest BCUT2D eigenvalue weighted by atomic mass is 10.1. The first-order valence-electron chi connectivity index (χ1n) is 6.20. The summed E-state index contributed by atoms with van der Waals surface area (Å²) in [6, 6.07) is 1.02. The molecule has 1 rings (SSSR count). The first-order chi connectivity index (χ1) is 9.69. The highest BCUT2D eigenvalue weighted by molar-refractivity contribution is 7.98. The zero-order valence-corrected chi connectivity index (χ0v) is 13.6. The summed E-state index contributed by atoms with van der Waals surface area (Å²) in [5, 5.41) is 9.10. The minimum absolute atomic E-state index is 0.0701. The molecule has 0 saturated heterocycles. The van der Waals surface area contributed by atoms with Crippen LogP contribution < -0.4 is 4.72 Å². The monoisotopic (exact) mass is 335 g/mol. The van der Waals surface area contributed by atoms with Crippen LogP contribution in [-0.2, 0) is 14.8 Å². The van der Waals surface area contributed by atoms with Crippen molar-refractivity contribution in [2.45, 2.75) is 31.2 Å². The molecule has 1 aromatic carbocycles. The van der Waals surface area contributed by atoms with Crippen LogP contribution >= 0.6 is 11.8 Å². The van der Waals surface area contributed by atoms with Crippen molar-refractivity contribution in [3.05, 3.63) is 29.1 Å². The summed E-state index contributed by atoms with van der Waals surface area (Å²) in [6.07, 6.45) is 1.98. The molecule has 0 bridgehead atoms. The Morgan fingerprint density at radius 1 is 1.38 bits per heavy atom. The Morgan fingerprint density at radius 3 is 2.33 bits per heavy atom. The molecule has 5 nitrogen and oxygen atoms in total. The Morgan fingerprint density at radius 2 is 1.90 bits per heavy atom. The maximum atomic E-state index is 13.2. The Balaban J connectivity index is 3.14. The zero-order chi connectivity index (χ0) is 16.2. The average molecular weight is 335 g/mol. The highest BCUT2D eigenvalue weighted by Gasteiger charge is 2.27. The molecule has 21 heavy (non-hydrogen) atoms. The van der Waals surface area contributed by atoms with Crippen LogP contribution in [0.25, 0.3) is 0 Å². The number of aliphatic carboxylic acids is 1. The van der Waals surface area contributed by atoms with Gasteiger partial charge < -0.3 is 5.11 Å². The van der Waals surface area contributed by atoms with Crippen LogP contribution in [0.2, 0.25) is 0 Å². The smallest absolute Gasteiger partial charge is 0.321 e. The van der Waals surface area contributed by atoms with E-state index in [4.69, 9.17) is 5.11 Å². The van der Waals surface area contributed by atoms with Crippen molar-refractivity contribution in [3.8, 4) is 0 Å². The normalized spacial score (nSPS) is 13.1. The molecule has 0 unspecified atom stereocenters. The number of halogens is 1. The summed E-state index contributed by atoms with van der Waals surface area (Å²) in [5.41, 5.74) is 0.489. The second-order valence-corrected chi connectivity index (χ2v) is 7.30. The van der Waals surface area contributed by atoms with Crippen molar-refractivity contribution in [1.82, 2.24) is 4.72 Å². The van der Waals surface area contributed by atoms with E-state index < -0.39 is 27.9 Å². The second-order valence-electron chi connectivity index (χ2n) is 4.66. The minimum atomic E-state index is -4.02. The molecule has 0 amide bonds. The number of thioether (sulfide) groups is 1. The number of aryl methyl sites for hydroxylation is 2. The molecule has 0 aliphatic rings. The number of carboxylic acid groups (broad SMARTS) is 1. The number of sulfonamides is 1. The molecule has 1 aromatic rings. The molecule has 0 aliphatic heterocycles. The largest absolute Gasteiger partial charge is 0.480 e. The molecule has 0 fully saturated rings. The fourth-order valence-electron chi connectivity index (χ4n) is 2.04. The molecule has 0 aromatic heterocycles. The van der Waals surface area contributed by atoms with Gasteiger partial charge in [0.1, 0.15) is 11.9 Å². The van der Waals surface area contributed by atoms with E-state index in [0.29, 0.717) is 5.75 Å². The van der Waals surface area contributed by atoms with Crippen LogP contribution in [0.15, 0.2) is 17.0 Å². The summed E-state index contributed by atoms with van der Waals surface area (Å²) in [5.74, 6) is -1.24. The topological polar surface area (TPSA) is 83.5 Å². The van der Waals surface area contributed by atoms with E-state index in [0.717, 1.165) is 12.1 Å². The number of rotatable bonds is 7. The van der Waals surface area contributed by atoms with E-state index in [9.17, 15) is 17.6 Å². The Kier molecular flexibility index (Phi) is 6.18. The van der Waals surface area contributed by atoms with Crippen molar-refractivity contribution in [1.29, 1.82) is 0 Å². The van der Waals surface area contributed by atoms with Crippen LogP contribution in [0.5, 0.6) is 0 Å². The molecular formula is C13H18FNO4S2. The van der Waals surface area contributed by atoms with Crippen LogP contribution in [0.1, 0.15) is 17.5 Å². The standard InChI is InChI=1S/C13H18FNO4S2/c1-8-6-10(14)7-9(2)12(8)21(18,19)15-11(13(16)17)4-5-20-3/h6-7,11,15H,4-5H2,1-3H3,(H,16,17)/t11-/m1/s1. The van der Waals surface area contributed by atoms with E-state index in [1.54, 1.807) is 0 Å². The van der Waals surface area contributed by atoms with Crippen LogP contribution in [0, 0.1) is 19.7 Å². The summed E-state index contributed by atoms with van der Waals surface area (Å²) >= 11 is 1.43. The fraction of sp³-hybridized carbons (Fsp3) is 0.462. The van der Waals surface area contributed by atoms with Crippen molar-refractivity contribution in [2.24, 2.45) is 0 Å². The van der Waals surface area contributed by atoms with Gasteiger partial charge in [0.15, 0.2) is 0 Å². The molecule has 0 spiro atoms. The summed E-state index contributed by atoms with van der Waals surface area (Å²) in [6.45, 7) is 2.95. The lowest BCUT2D eigenvalue weighted by Gasteiger charge is -2.17. The van der Waals surface area contributed by atoms with Gasteiger partial charge in [0.2, 0.25) is 10.0 Å². The molecule has 1 atom stereocenters.